The van der Waals surface area contributed by atoms with Crippen LogP contribution in [0.2, 0.25) is 0 Å². The maximum Gasteiger partial charge on any atom is -0.00944 e. The van der Waals surface area contributed by atoms with Gasteiger partial charge in [0.1, 0.15) is 0 Å². The van der Waals surface area contributed by atoms with E-state index in [1.807, 2.05) is 46.8 Å². The van der Waals surface area contributed by atoms with E-state index in [1.54, 1.807) is 0 Å². The fourth-order valence-corrected chi connectivity index (χ4v) is 2.05. The zero-order valence-electron chi connectivity index (χ0n) is 16.4. The third-order valence-corrected chi connectivity index (χ3v) is 3.15. The van der Waals surface area contributed by atoms with Crippen molar-refractivity contribution in [2.75, 3.05) is 0 Å². The van der Waals surface area contributed by atoms with Crippen LogP contribution in [-0.4, -0.2) is 0 Å². The maximum atomic E-state index is 3.29. The lowest BCUT2D eigenvalue weighted by Crippen LogP contribution is -1.84. The molecule has 0 N–H and O–H groups in total. The summed E-state index contributed by atoms with van der Waals surface area (Å²) in [6.07, 6.45) is 16.8. The van der Waals surface area contributed by atoms with Crippen molar-refractivity contribution in [1.29, 1.82) is 0 Å². The van der Waals surface area contributed by atoms with Crippen molar-refractivity contribution in [2.24, 2.45) is 0 Å². The standard InChI is InChI=1S/C20H20.2C2H6/c1-4-6-16(2)9-11-18-12-14-19-8-5-7-17(3)10-13-20(19)15-18;2*1-2/h4-8,10-15H,1-3H3;2*1-2H3/b6-4-,7-5?,8-5-,13-10-,17-7-,17-10?,19-8?,20-13?;;. The summed E-state index contributed by atoms with van der Waals surface area (Å²) >= 11 is 0. The van der Waals surface area contributed by atoms with E-state index in [2.05, 4.69) is 74.2 Å². The Balaban J connectivity index is 0.00000123. The summed E-state index contributed by atoms with van der Waals surface area (Å²) in [5.74, 6) is 0. The molecule has 24 heavy (non-hydrogen) atoms. The van der Waals surface area contributed by atoms with Gasteiger partial charge in [-0.15, -0.1) is 5.73 Å². The van der Waals surface area contributed by atoms with Gasteiger partial charge in [0.2, 0.25) is 0 Å². The molecule has 0 spiro atoms. The number of benzene rings is 1. The first-order valence-corrected chi connectivity index (χ1v) is 8.92. The highest BCUT2D eigenvalue weighted by Crippen LogP contribution is 2.19. The SMILES string of the molecule is C/C=C\C(C)=C=Cc1ccc2c(c1)\C=C/C(C)=C\C=C/2.CC.CC. The second kappa shape index (κ2) is 13.2. The van der Waals surface area contributed by atoms with E-state index in [9.17, 15) is 0 Å². The topological polar surface area (TPSA) is 0 Å². The van der Waals surface area contributed by atoms with Gasteiger partial charge in [-0.2, -0.15) is 0 Å². The van der Waals surface area contributed by atoms with Gasteiger partial charge in [-0.1, -0.05) is 87.9 Å². The van der Waals surface area contributed by atoms with Crippen molar-refractivity contribution >= 4 is 18.2 Å². The molecule has 1 aliphatic carbocycles. The Bertz CT molecular complexity index is 670. The lowest BCUT2D eigenvalue weighted by molar-refractivity contribution is 1.50. The van der Waals surface area contributed by atoms with Crippen molar-refractivity contribution in [3.05, 3.63) is 82.1 Å². The number of allylic oxidation sites excluding steroid dienone is 7. The summed E-state index contributed by atoms with van der Waals surface area (Å²) in [7, 11) is 0. The van der Waals surface area contributed by atoms with Crippen LogP contribution < -0.4 is 0 Å². The van der Waals surface area contributed by atoms with Crippen molar-refractivity contribution in [2.45, 2.75) is 48.5 Å². The second-order valence-electron chi connectivity index (χ2n) is 4.96. The van der Waals surface area contributed by atoms with E-state index in [-0.39, 0.29) is 0 Å². The Morgan fingerprint density at radius 1 is 0.958 bits per heavy atom. The van der Waals surface area contributed by atoms with Gasteiger partial charge < -0.3 is 0 Å². The quantitative estimate of drug-likeness (QED) is 0.384. The minimum Gasteiger partial charge on any atom is -0.117 e. The Hall–Kier alpha value is -2.30. The normalized spacial score (nSPS) is 16.4. The maximum absolute atomic E-state index is 3.29. The number of hydrogen-bond donors (Lipinski definition) is 0. The average molecular weight is 321 g/mol. The predicted octanol–water partition coefficient (Wildman–Crippen LogP) is 7.86. The smallest absolute Gasteiger partial charge is 0.00944 e. The van der Waals surface area contributed by atoms with Crippen molar-refractivity contribution < 1.29 is 0 Å². The first kappa shape index (κ1) is 21.7. The first-order valence-electron chi connectivity index (χ1n) is 8.92. The summed E-state index contributed by atoms with van der Waals surface area (Å²) in [6.45, 7) is 14.2. The van der Waals surface area contributed by atoms with Crippen molar-refractivity contribution in [1.82, 2.24) is 0 Å². The Morgan fingerprint density at radius 3 is 2.33 bits per heavy atom. The van der Waals surface area contributed by atoms with E-state index in [0.717, 1.165) is 5.57 Å². The van der Waals surface area contributed by atoms with Gasteiger partial charge in [-0.3, -0.25) is 0 Å². The van der Waals surface area contributed by atoms with Gasteiger partial charge in [0, 0.05) is 0 Å². The first-order chi connectivity index (χ1) is 11.7. The third-order valence-electron chi connectivity index (χ3n) is 3.15. The van der Waals surface area contributed by atoms with E-state index in [4.69, 9.17) is 0 Å². The van der Waals surface area contributed by atoms with Crippen LogP contribution in [0.3, 0.4) is 0 Å². The van der Waals surface area contributed by atoms with Gasteiger partial charge in [-0.25, -0.2) is 0 Å². The zero-order chi connectivity index (χ0) is 18.4. The van der Waals surface area contributed by atoms with Gasteiger partial charge in [0.15, 0.2) is 0 Å². The van der Waals surface area contributed by atoms with Gasteiger partial charge in [0.05, 0.1) is 0 Å². The summed E-state index contributed by atoms with van der Waals surface area (Å²) < 4.78 is 0. The molecule has 2 rings (SSSR count). The highest BCUT2D eigenvalue weighted by Gasteiger charge is 1.99. The molecule has 0 saturated carbocycles. The van der Waals surface area contributed by atoms with E-state index >= 15 is 0 Å². The van der Waals surface area contributed by atoms with Crippen LogP contribution in [0.1, 0.15) is 65.2 Å². The van der Waals surface area contributed by atoms with Crippen LogP contribution in [0, 0.1) is 0 Å². The Morgan fingerprint density at radius 2 is 1.67 bits per heavy atom. The van der Waals surface area contributed by atoms with Gasteiger partial charge in [-0.05, 0) is 55.2 Å². The van der Waals surface area contributed by atoms with Crippen LogP contribution in [0.4, 0.5) is 0 Å². The molecular formula is C24H32. The van der Waals surface area contributed by atoms with Crippen molar-refractivity contribution in [3.63, 3.8) is 0 Å². The molecule has 0 unspecified atom stereocenters. The highest BCUT2D eigenvalue weighted by molar-refractivity contribution is 5.71. The molecular weight excluding hydrogens is 288 g/mol. The molecule has 128 valence electrons. The Kier molecular flexibility index (Phi) is 11.9. The van der Waals surface area contributed by atoms with Crippen molar-refractivity contribution in [3.8, 4) is 0 Å². The highest BCUT2D eigenvalue weighted by atomic mass is 14.0. The van der Waals surface area contributed by atoms with Crippen LogP contribution in [0.5, 0.6) is 0 Å². The lowest BCUT2D eigenvalue weighted by atomic mass is 10.0. The summed E-state index contributed by atoms with van der Waals surface area (Å²) in [5, 5.41) is 0. The molecule has 0 nitrogen and oxygen atoms in total. The summed E-state index contributed by atoms with van der Waals surface area (Å²) in [4.78, 5) is 0. The summed E-state index contributed by atoms with van der Waals surface area (Å²) in [5.41, 5.74) is 9.35. The second-order valence-corrected chi connectivity index (χ2v) is 4.96. The zero-order valence-corrected chi connectivity index (χ0v) is 16.4. The minimum absolute atomic E-state index is 1.13. The lowest BCUT2D eigenvalue weighted by Gasteiger charge is -2.05. The minimum atomic E-state index is 1.13. The number of rotatable bonds is 2. The van der Waals surface area contributed by atoms with E-state index < -0.39 is 0 Å². The van der Waals surface area contributed by atoms with Gasteiger partial charge >= 0.3 is 0 Å². The molecule has 0 bridgehead atoms. The molecule has 0 amide bonds. The molecule has 0 radical (unpaired) electrons. The van der Waals surface area contributed by atoms with Gasteiger partial charge in [0.25, 0.3) is 0 Å². The molecule has 0 aromatic heterocycles. The molecule has 1 aromatic carbocycles. The molecule has 0 heterocycles. The average Bonchev–Trinajstić information content (AvgIpc) is 2.61. The molecule has 0 saturated heterocycles. The van der Waals surface area contributed by atoms with E-state index in [1.165, 1.54) is 22.3 Å². The molecule has 0 heteroatoms. The molecule has 1 aromatic rings. The van der Waals surface area contributed by atoms with Crippen LogP contribution in [-0.2, 0) is 0 Å². The van der Waals surface area contributed by atoms with Crippen LogP contribution in [0.15, 0.2) is 65.5 Å². The molecule has 0 atom stereocenters. The summed E-state index contributed by atoms with van der Waals surface area (Å²) in [6, 6.07) is 6.49. The molecule has 0 aliphatic heterocycles. The van der Waals surface area contributed by atoms with Crippen LogP contribution >= 0.6 is 0 Å². The number of hydrogen-bond acceptors (Lipinski definition) is 0. The molecule has 0 fully saturated rings. The molecule has 1 aliphatic rings. The third kappa shape index (κ3) is 7.81. The fourth-order valence-electron chi connectivity index (χ4n) is 2.05. The van der Waals surface area contributed by atoms with Crippen LogP contribution in [0.25, 0.3) is 18.2 Å². The largest absolute Gasteiger partial charge is 0.117 e. The monoisotopic (exact) mass is 320 g/mol. The fraction of sp³-hybridized carbons (Fsp3) is 0.292. The van der Waals surface area contributed by atoms with E-state index in [0.29, 0.717) is 0 Å². The number of fused-ring (bicyclic) bond motifs is 1. The predicted molar refractivity (Wildman–Crippen MR) is 113 cm³/mol. The Labute approximate surface area is 149 Å².